The van der Waals surface area contributed by atoms with E-state index < -0.39 is 6.04 Å². The van der Waals surface area contributed by atoms with Crippen LogP contribution in [0, 0.1) is 6.92 Å². The van der Waals surface area contributed by atoms with Crippen LogP contribution in [0.4, 0.5) is 0 Å². The van der Waals surface area contributed by atoms with Crippen molar-refractivity contribution in [1.82, 2.24) is 4.90 Å². The Balaban J connectivity index is 2.00. The van der Waals surface area contributed by atoms with Crippen LogP contribution in [0.2, 0.25) is 0 Å². The van der Waals surface area contributed by atoms with E-state index in [0.29, 0.717) is 11.3 Å². The van der Waals surface area contributed by atoms with E-state index in [-0.39, 0.29) is 18.2 Å². The normalized spacial score (nSPS) is 16.0. The molecule has 0 aliphatic carbocycles. The molecule has 0 spiro atoms. The number of hydrogen-bond acceptors (Lipinski definition) is 4. The van der Waals surface area contributed by atoms with E-state index in [4.69, 9.17) is 10.2 Å². The second-order valence-corrected chi connectivity index (χ2v) is 5.28. The minimum absolute atomic E-state index is 0.189. The number of carbonyl (C=O) groups is 2. The van der Waals surface area contributed by atoms with Crippen LogP contribution in [0.25, 0.3) is 0 Å². The number of benzene rings is 1. The highest BCUT2D eigenvalue weighted by atomic mass is 16.3. The Morgan fingerprint density at radius 1 is 1.24 bits per heavy atom. The average molecular weight is 284 g/mol. The molecule has 0 radical (unpaired) electrons. The zero-order chi connectivity index (χ0) is 15.1. The van der Waals surface area contributed by atoms with Gasteiger partial charge in [-0.25, -0.2) is 0 Å². The maximum atomic E-state index is 12.2. The Labute approximate surface area is 122 Å². The van der Waals surface area contributed by atoms with Crippen LogP contribution in [0.15, 0.2) is 34.7 Å². The molecule has 0 bridgehead atoms. The van der Waals surface area contributed by atoms with Crippen LogP contribution in [0.1, 0.15) is 39.0 Å². The third kappa shape index (κ3) is 2.25. The van der Waals surface area contributed by atoms with E-state index in [1.165, 1.54) is 7.05 Å². The second-order valence-electron chi connectivity index (χ2n) is 5.28. The summed E-state index contributed by atoms with van der Waals surface area (Å²) in [6.07, 6.45) is 0.243. The van der Waals surface area contributed by atoms with E-state index in [1.807, 2.05) is 25.1 Å². The summed E-state index contributed by atoms with van der Waals surface area (Å²) in [7, 11) is 1.50. The van der Waals surface area contributed by atoms with Crippen molar-refractivity contribution < 1.29 is 14.0 Å². The van der Waals surface area contributed by atoms with Gasteiger partial charge in [0.25, 0.3) is 5.91 Å². The number of imide groups is 1. The van der Waals surface area contributed by atoms with E-state index in [2.05, 4.69) is 0 Å². The molecule has 2 amide bonds. The lowest BCUT2D eigenvalue weighted by atomic mass is 9.94. The van der Waals surface area contributed by atoms with Crippen molar-refractivity contribution in [1.29, 1.82) is 0 Å². The van der Waals surface area contributed by atoms with Crippen molar-refractivity contribution in [2.45, 2.75) is 19.4 Å². The second kappa shape index (κ2) is 4.86. The highest BCUT2D eigenvalue weighted by molar-refractivity contribution is 6.09. The van der Waals surface area contributed by atoms with Gasteiger partial charge in [-0.1, -0.05) is 12.1 Å². The quantitative estimate of drug-likeness (QED) is 0.853. The molecule has 0 saturated heterocycles. The summed E-state index contributed by atoms with van der Waals surface area (Å²) in [5.41, 5.74) is 8.26. The van der Waals surface area contributed by atoms with Crippen molar-refractivity contribution in [2.75, 3.05) is 7.05 Å². The number of hydrogen-bond donors (Lipinski definition) is 1. The summed E-state index contributed by atoms with van der Waals surface area (Å²) in [6, 6.07) is 8.64. The molecular weight excluding hydrogens is 268 g/mol. The zero-order valence-corrected chi connectivity index (χ0v) is 11.9. The molecule has 2 heterocycles. The molecule has 2 aromatic rings. The lowest BCUT2D eigenvalue weighted by molar-refractivity contribution is -0.127. The van der Waals surface area contributed by atoms with Crippen LogP contribution in [-0.4, -0.2) is 23.8 Å². The summed E-state index contributed by atoms with van der Waals surface area (Å²) in [4.78, 5) is 25.0. The number of fused-ring (bicyclic) bond motifs is 1. The minimum Gasteiger partial charge on any atom is -0.464 e. The van der Waals surface area contributed by atoms with Gasteiger partial charge >= 0.3 is 0 Å². The van der Waals surface area contributed by atoms with Gasteiger partial charge in [-0.2, -0.15) is 0 Å². The number of rotatable bonds is 2. The lowest BCUT2D eigenvalue weighted by Gasteiger charge is -2.24. The maximum Gasteiger partial charge on any atom is 0.260 e. The molecule has 1 aliphatic heterocycles. The Morgan fingerprint density at radius 2 is 2.00 bits per heavy atom. The number of likely N-dealkylation sites (N-methyl/N-ethyl adjacent to an activating group) is 1. The predicted octanol–water partition coefficient (Wildman–Crippen LogP) is 1.79. The standard InChI is InChI=1S/C16H16N2O3/c1-9-3-6-13(21-9)15(17)11-5-4-10-8-14(19)18(2)16(20)12(10)7-11/h3-7,15H,8,17H2,1-2H3. The van der Waals surface area contributed by atoms with Gasteiger partial charge in [-0.15, -0.1) is 0 Å². The first-order chi connectivity index (χ1) is 9.97. The number of carbonyl (C=O) groups excluding carboxylic acids is 2. The smallest absolute Gasteiger partial charge is 0.260 e. The van der Waals surface area contributed by atoms with Gasteiger partial charge in [-0.3, -0.25) is 14.5 Å². The van der Waals surface area contributed by atoms with Crippen molar-refractivity contribution in [3.05, 3.63) is 58.5 Å². The van der Waals surface area contributed by atoms with E-state index in [9.17, 15) is 9.59 Å². The topological polar surface area (TPSA) is 76.5 Å². The van der Waals surface area contributed by atoms with Crippen molar-refractivity contribution in [3.8, 4) is 0 Å². The van der Waals surface area contributed by atoms with E-state index in [1.54, 1.807) is 12.1 Å². The van der Waals surface area contributed by atoms with Crippen molar-refractivity contribution >= 4 is 11.8 Å². The fourth-order valence-corrected chi connectivity index (χ4v) is 2.50. The summed E-state index contributed by atoms with van der Waals surface area (Å²) in [6.45, 7) is 1.85. The summed E-state index contributed by atoms with van der Waals surface area (Å²) in [5, 5.41) is 0. The highest BCUT2D eigenvalue weighted by Gasteiger charge is 2.28. The number of amides is 2. The number of nitrogens with two attached hydrogens (primary N) is 1. The van der Waals surface area contributed by atoms with Gasteiger partial charge in [0.1, 0.15) is 11.5 Å². The highest BCUT2D eigenvalue weighted by Crippen LogP contribution is 2.26. The van der Waals surface area contributed by atoms with Gasteiger partial charge in [0.05, 0.1) is 12.5 Å². The molecule has 0 fully saturated rings. The van der Waals surface area contributed by atoms with Crippen LogP contribution in [0.5, 0.6) is 0 Å². The average Bonchev–Trinajstić information content (AvgIpc) is 2.90. The molecule has 2 N–H and O–H groups in total. The summed E-state index contributed by atoms with van der Waals surface area (Å²) >= 11 is 0. The van der Waals surface area contributed by atoms with Gasteiger partial charge < -0.3 is 10.2 Å². The Bertz CT molecular complexity index is 733. The molecule has 5 heteroatoms. The van der Waals surface area contributed by atoms with Crippen LogP contribution < -0.4 is 5.73 Å². The lowest BCUT2D eigenvalue weighted by Crippen LogP contribution is -2.39. The first-order valence-corrected chi connectivity index (χ1v) is 6.73. The van der Waals surface area contributed by atoms with Crippen molar-refractivity contribution in [3.63, 3.8) is 0 Å². The van der Waals surface area contributed by atoms with Crippen LogP contribution >= 0.6 is 0 Å². The largest absolute Gasteiger partial charge is 0.464 e. The first-order valence-electron chi connectivity index (χ1n) is 6.73. The number of nitrogens with zero attached hydrogens (tertiary/aromatic N) is 1. The molecule has 1 unspecified atom stereocenters. The molecule has 1 aromatic heterocycles. The van der Waals surface area contributed by atoms with Gasteiger partial charge in [0.15, 0.2) is 0 Å². The Kier molecular flexibility index (Phi) is 3.14. The SMILES string of the molecule is Cc1ccc(C(N)c2ccc3c(c2)C(=O)N(C)C(=O)C3)o1. The van der Waals surface area contributed by atoms with Gasteiger partial charge in [0.2, 0.25) is 5.91 Å². The molecule has 108 valence electrons. The molecule has 0 saturated carbocycles. The Morgan fingerprint density at radius 3 is 2.67 bits per heavy atom. The molecule has 3 rings (SSSR count). The fourth-order valence-electron chi connectivity index (χ4n) is 2.50. The number of furan rings is 1. The Hall–Kier alpha value is -2.40. The summed E-state index contributed by atoms with van der Waals surface area (Å²) < 4.78 is 5.53. The zero-order valence-electron chi connectivity index (χ0n) is 11.9. The minimum atomic E-state index is -0.431. The van der Waals surface area contributed by atoms with Gasteiger partial charge in [-0.05, 0) is 36.2 Å². The monoisotopic (exact) mass is 284 g/mol. The molecule has 1 atom stereocenters. The molecule has 21 heavy (non-hydrogen) atoms. The van der Waals surface area contributed by atoms with Crippen molar-refractivity contribution in [2.24, 2.45) is 5.73 Å². The van der Waals surface area contributed by atoms with Crippen LogP contribution in [0.3, 0.4) is 0 Å². The third-order valence-electron chi connectivity index (χ3n) is 3.81. The van der Waals surface area contributed by atoms with E-state index in [0.717, 1.165) is 21.8 Å². The predicted molar refractivity (Wildman–Crippen MR) is 76.7 cm³/mol. The molecule has 1 aromatic carbocycles. The van der Waals surface area contributed by atoms with Crippen LogP contribution in [-0.2, 0) is 11.2 Å². The summed E-state index contributed by atoms with van der Waals surface area (Å²) in [5.74, 6) is 0.970. The first kappa shape index (κ1) is 13.6. The molecule has 5 nitrogen and oxygen atoms in total. The molecular formula is C16H16N2O3. The fraction of sp³-hybridized carbons (Fsp3) is 0.250. The maximum absolute atomic E-state index is 12.2. The number of aryl methyl sites for hydroxylation is 1. The third-order valence-corrected chi connectivity index (χ3v) is 3.81. The molecule has 1 aliphatic rings. The van der Waals surface area contributed by atoms with Gasteiger partial charge in [0, 0.05) is 12.6 Å². The van der Waals surface area contributed by atoms with E-state index >= 15 is 0 Å².